The molecule has 2 fully saturated rings. The number of piperazine rings is 1. The predicted molar refractivity (Wildman–Crippen MR) is 114 cm³/mol. The Morgan fingerprint density at radius 1 is 1.15 bits per heavy atom. The molecule has 10 nitrogen and oxygen atoms in total. The Morgan fingerprint density at radius 3 is 2.50 bits per heavy atom. The van der Waals surface area contributed by atoms with Crippen LogP contribution in [0.3, 0.4) is 0 Å². The van der Waals surface area contributed by atoms with E-state index in [1.165, 1.54) is 12.4 Å². The zero-order valence-corrected chi connectivity index (χ0v) is 18.7. The minimum Gasteiger partial charge on any atom is -0.488 e. The molecule has 0 unspecified atom stereocenters. The molecule has 0 aromatic carbocycles. The number of anilines is 1. The summed E-state index contributed by atoms with van der Waals surface area (Å²) in [6.07, 6.45) is -0.569. The van der Waals surface area contributed by atoms with Gasteiger partial charge >= 0.3 is 6.18 Å². The molecule has 0 bridgehead atoms. The van der Waals surface area contributed by atoms with Crippen LogP contribution in [-0.2, 0) is 15.7 Å². The largest absolute Gasteiger partial charge is 0.488 e. The van der Waals surface area contributed by atoms with Crippen molar-refractivity contribution < 1.29 is 27.4 Å². The number of ether oxygens (including phenoxy) is 2. The van der Waals surface area contributed by atoms with Gasteiger partial charge in [0, 0.05) is 26.2 Å². The van der Waals surface area contributed by atoms with Crippen LogP contribution in [0.2, 0.25) is 5.02 Å². The maximum absolute atomic E-state index is 13.1. The summed E-state index contributed by atoms with van der Waals surface area (Å²) in [6, 6.07) is 0. The van der Waals surface area contributed by atoms with E-state index in [-0.39, 0.29) is 25.0 Å². The molecule has 184 valence electrons. The molecule has 0 radical (unpaired) electrons. The quantitative estimate of drug-likeness (QED) is 0.637. The zero-order valence-electron chi connectivity index (χ0n) is 17.9. The lowest BCUT2D eigenvalue weighted by molar-refractivity contribution is -0.141. The second kappa shape index (κ2) is 10.1. The number of alkyl halides is 3. The van der Waals surface area contributed by atoms with Crippen molar-refractivity contribution in [3.63, 3.8) is 0 Å². The van der Waals surface area contributed by atoms with E-state index < -0.39 is 29.2 Å². The highest BCUT2D eigenvalue weighted by Gasteiger charge is 2.39. The fraction of sp³-hybridized carbons (Fsp3) is 0.550. The molecule has 2 atom stereocenters. The summed E-state index contributed by atoms with van der Waals surface area (Å²) in [5.41, 5.74) is -2.81. The Morgan fingerprint density at radius 2 is 1.82 bits per heavy atom. The van der Waals surface area contributed by atoms with E-state index in [1.54, 1.807) is 10.00 Å². The van der Waals surface area contributed by atoms with Crippen LogP contribution in [-0.4, -0.2) is 76.0 Å². The molecule has 1 amide bonds. The van der Waals surface area contributed by atoms with Crippen LogP contribution in [0.4, 0.5) is 19.1 Å². The maximum Gasteiger partial charge on any atom is 0.425 e. The summed E-state index contributed by atoms with van der Waals surface area (Å²) < 4.78 is 50.3. The second-order valence-corrected chi connectivity index (χ2v) is 8.41. The van der Waals surface area contributed by atoms with Crippen LogP contribution in [0.25, 0.3) is 0 Å². The predicted octanol–water partition coefficient (Wildman–Crippen LogP) is 1.90. The third-order valence-electron chi connectivity index (χ3n) is 5.65. The van der Waals surface area contributed by atoms with Crippen molar-refractivity contribution >= 4 is 23.5 Å². The van der Waals surface area contributed by atoms with E-state index >= 15 is 0 Å². The zero-order chi connectivity index (χ0) is 24.3. The number of rotatable bonds is 6. The molecule has 4 heterocycles. The molecule has 2 saturated heterocycles. The average Bonchev–Trinajstić information content (AvgIpc) is 3.24. The van der Waals surface area contributed by atoms with Gasteiger partial charge in [0.05, 0.1) is 42.2 Å². The summed E-state index contributed by atoms with van der Waals surface area (Å²) in [5.74, 6) is -0.147. The van der Waals surface area contributed by atoms with E-state index in [1.807, 2.05) is 4.90 Å². The molecule has 0 saturated carbocycles. The number of hydrogen-bond donors (Lipinski definition) is 1. The number of carbonyl (C=O) groups is 1. The lowest BCUT2D eigenvalue weighted by Gasteiger charge is -2.35. The number of hydrogen-bond acceptors (Lipinski definition) is 8. The van der Waals surface area contributed by atoms with Gasteiger partial charge in [0.15, 0.2) is 11.3 Å². The van der Waals surface area contributed by atoms with Gasteiger partial charge in [-0.1, -0.05) is 11.6 Å². The minimum absolute atomic E-state index is 0.0543. The van der Waals surface area contributed by atoms with Crippen molar-refractivity contribution in [2.24, 2.45) is 0 Å². The van der Waals surface area contributed by atoms with Crippen LogP contribution < -0.4 is 15.2 Å². The maximum atomic E-state index is 13.1. The van der Waals surface area contributed by atoms with Crippen LogP contribution in [0.15, 0.2) is 23.4 Å². The van der Waals surface area contributed by atoms with Crippen LogP contribution in [0.1, 0.15) is 24.8 Å². The highest BCUT2D eigenvalue weighted by molar-refractivity contribution is 6.30. The Kier molecular flexibility index (Phi) is 7.22. The third kappa shape index (κ3) is 5.76. The van der Waals surface area contributed by atoms with Gasteiger partial charge < -0.3 is 19.3 Å². The number of aromatic nitrogens is 4. The van der Waals surface area contributed by atoms with E-state index in [4.69, 9.17) is 21.1 Å². The van der Waals surface area contributed by atoms with Crippen LogP contribution in [0, 0.1) is 0 Å². The first kappa shape index (κ1) is 24.2. The standard InChI is InChI=1S/C20H22ClF3N6O4/c21-12-8-25-19(26-9-12)30-5-3-29(4-6-30)16(31)7-13-1-2-14(34-13)11-33-15-10-27-28-18(32)17(15)20(22,23)24/h8-10,13-14H,1-7,11H2,(H,28,32)/t13-,14-/m0/s1. The lowest BCUT2D eigenvalue weighted by Crippen LogP contribution is -2.49. The van der Waals surface area contributed by atoms with Crippen molar-refractivity contribution in [2.75, 3.05) is 37.7 Å². The topological polar surface area (TPSA) is 114 Å². The molecular weight excluding hydrogens is 481 g/mol. The van der Waals surface area contributed by atoms with Crippen molar-refractivity contribution in [1.82, 2.24) is 25.1 Å². The summed E-state index contributed by atoms with van der Waals surface area (Å²) in [5, 5.41) is 5.57. The molecule has 2 aromatic heterocycles. The summed E-state index contributed by atoms with van der Waals surface area (Å²) in [6.45, 7) is 2.01. The first-order valence-electron chi connectivity index (χ1n) is 10.6. The SMILES string of the molecule is O=C(C[C@@H]1CC[C@@H](COc2cn[nH]c(=O)c2C(F)(F)F)O1)N1CCN(c2ncc(Cl)cn2)CC1. The van der Waals surface area contributed by atoms with Gasteiger partial charge in [-0.2, -0.15) is 18.3 Å². The average molecular weight is 503 g/mol. The molecule has 2 aliphatic heterocycles. The van der Waals surface area contributed by atoms with E-state index in [0.717, 1.165) is 6.20 Å². The smallest absolute Gasteiger partial charge is 0.425 e. The first-order valence-corrected chi connectivity index (χ1v) is 11.0. The van der Waals surface area contributed by atoms with Crippen molar-refractivity contribution in [3.05, 3.63) is 39.5 Å². The van der Waals surface area contributed by atoms with Gasteiger partial charge in [0.2, 0.25) is 11.9 Å². The number of nitrogens with one attached hydrogen (secondary N) is 1. The number of carbonyl (C=O) groups excluding carboxylic acids is 1. The highest BCUT2D eigenvalue weighted by Crippen LogP contribution is 2.33. The van der Waals surface area contributed by atoms with E-state index in [2.05, 4.69) is 15.1 Å². The molecule has 0 aliphatic carbocycles. The van der Waals surface area contributed by atoms with E-state index in [0.29, 0.717) is 50.0 Å². The Hall–Kier alpha value is -2.93. The summed E-state index contributed by atoms with van der Waals surface area (Å²) in [4.78, 5) is 36.3. The Balaban J connectivity index is 1.23. The van der Waals surface area contributed by atoms with Crippen molar-refractivity contribution in [3.8, 4) is 5.75 Å². The number of amides is 1. The lowest BCUT2D eigenvalue weighted by atomic mass is 10.1. The monoisotopic (exact) mass is 502 g/mol. The molecule has 34 heavy (non-hydrogen) atoms. The Bertz CT molecular complexity index is 1060. The molecule has 1 N–H and O–H groups in total. The second-order valence-electron chi connectivity index (χ2n) is 7.98. The summed E-state index contributed by atoms with van der Waals surface area (Å²) in [7, 11) is 0. The molecular formula is C20H22ClF3N6O4. The minimum atomic E-state index is -4.87. The van der Waals surface area contributed by atoms with Gasteiger partial charge in [0.25, 0.3) is 5.56 Å². The highest BCUT2D eigenvalue weighted by atomic mass is 35.5. The number of H-pyrrole nitrogens is 1. The summed E-state index contributed by atoms with van der Waals surface area (Å²) >= 11 is 5.81. The van der Waals surface area contributed by atoms with Gasteiger partial charge in [-0.15, -0.1) is 0 Å². The number of aromatic amines is 1. The number of nitrogens with zero attached hydrogens (tertiary/aromatic N) is 5. The normalized spacial score (nSPS) is 21.1. The number of halogens is 4. The molecule has 14 heteroatoms. The Labute approximate surface area is 197 Å². The van der Waals surface area contributed by atoms with Gasteiger partial charge in [0.1, 0.15) is 6.61 Å². The third-order valence-corrected chi connectivity index (χ3v) is 5.84. The van der Waals surface area contributed by atoms with Crippen molar-refractivity contribution in [2.45, 2.75) is 37.6 Å². The first-order chi connectivity index (χ1) is 16.2. The molecule has 2 aliphatic rings. The fourth-order valence-electron chi connectivity index (χ4n) is 3.94. The molecule has 0 spiro atoms. The van der Waals surface area contributed by atoms with Crippen LogP contribution >= 0.6 is 11.6 Å². The fourth-order valence-corrected chi connectivity index (χ4v) is 4.04. The van der Waals surface area contributed by atoms with Crippen LogP contribution in [0.5, 0.6) is 5.75 Å². The van der Waals surface area contributed by atoms with Gasteiger partial charge in [-0.25, -0.2) is 15.1 Å². The van der Waals surface area contributed by atoms with Gasteiger partial charge in [-0.3, -0.25) is 9.59 Å². The van der Waals surface area contributed by atoms with E-state index in [9.17, 15) is 22.8 Å². The van der Waals surface area contributed by atoms with Gasteiger partial charge in [-0.05, 0) is 12.8 Å². The van der Waals surface area contributed by atoms with Crippen molar-refractivity contribution in [1.29, 1.82) is 0 Å². The molecule has 4 rings (SSSR count). The molecule has 2 aromatic rings.